The van der Waals surface area contributed by atoms with E-state index in [1.807, 2.05) is 6.07 Å². The molecular formula is C13H20N6O2. The van der Waals surface area contributed by atoms with Crippen molar-refractivity contribution < 1.29 is 9.53 Å². The van der Waals surface area contributed by atoms with Gasteiger partial charge in [0.15, 0.2) is 0 Å². The van der Waals surface area contributed by atoms with E-state index >= 15 is 0 Å². The Balaban J connectivity index is 1.78. The summed E-state index contributed by atoms with van der Waals surface area (Å²) in [6, 6.07) is 2.05. The quantitative estimate of drug-likeness (QED) is 0.692. The van der Waals surface area contributed by atoms with E-state index in [0.717, 1.165) is 6.54 Å². The number of amides is 1. The fourth-order valence-electron chi connectivity index (χ4n) is 2.22. The zero-order valence-corrected chi connectivity index (χ0v) is 12.2. The maximum absolute atomic E-state index is 12.0. The molecule has 1 aromatic rings. The first-order valence-electron chi connectivity index (χ1n) is 6.96. The summed E-state index contributed by atoms with van der Waals surface area (Å²) in [5, 5.41) is 12.6. The Morgan fingerprint density at radius 1 is 1.62 bits per heavy atom. The molecule has 1 aliphatic rings. The van der Waals surface area contributed by atoms with E-state index in [2.05, 4.69) is 15.0 Å². The van der Waals surface area contributed by atoms with E-state index in [0.29, 0.717) is 39.2 Å². The minimum Gasteiger partial charge on any atom is -0.374 e. The van der Waals surface area contributed by atoms with Crippen molar-refractivity contribution in [3.05, 3.63) is 12.7 Å². The van der Waals surface area contributed by atoms with Crippen LogP contribution in [0, 0.1) is 11.3 Å². The summed E-state index contributed by atoms with van der Waals surface area (Å²) in [6.45, 7) is 3.51. The van der Waals surface area contributed by atoms with Gasteiger partial charge in [-0.2, -0.15) is 10.4 Å². The predicted molar refractivity (Wildman–Crippen MR) is 74.1 cm³/mol. The van der Waals surface area contributed by atoms with Crippen molar-refractivity contribution >= 4 is 5.91 Å². The van der Waals surface area contributed by atoms with Gasteiger partial charge in [-0.3, -0.25) is 14.4 Å². The maximum Gasteiger partial charge on any atom is 0.236 e. The monoisotopic (exact) mass is 292 g/mol. The van der Waals surface area contributed by atoms with Gasteiger partial charge in [-0.1, -0.05) is 0 Å². The number of morpholine rings is 1. The van der Waals surface area contributed by atoms with Gasteiger partial charge in [0, 0.05) is 26.7 Å². The van der Waals surface area contributed by atoms with Crippen molar-refractivity contribution in [1.82, 2.24) is 24.6 Å². The molecular weight excluding hydrogens is 272 g/mol. The van der Waals surface area contributed by atoms with Gasteiger partial charge in [-0.15, -0.1) is 0 Å². The van der Waals surface area contributed by atoms with Crippen molar-refractivity contribution in [2.24, 2.45) is 0 Å². The molecule has 0 bridgehead atoms. The van der Waals surface area contributed by atoms with E-state index < -0.39 is 0 Å². The van der Waals surface area contributed by atoms with E-state index in [4.69, 9.17) is 10.00 Å². The van der Waals surface area contributed by atoms with Gasteiger partial charge in [-0.05, 0) is 0 Å². The van der Waals surface area contributed by atoms with Crippen molar-refractivity contribution in [1.29, 1.82) is 5.26 Å². The molecule has 2 rings (SSSR count). The Bertz CT molecular complexity index is 483. The molecule has 1 saturated heterocycles. The second-order valence-corrected chi connectivity index (χ2v) is 5.07. The average Bonchev–Trinajstić information content (AvgIpc) is 2.98. The van der Waals surface area contributed by atoms with Crippen molar-refractivity contribution in [2.45, 2.75) is 19.1 Å². The molecule has 8 nitrogen and oxygen atoms in total. The Morgan fingerprint density at radius 2 is 2.48 bits per heavy atom. The van der Waals surface area contributed by atoms with E-state index in [1.54, 1.807) is 23.0 Å². The van der Waals surface area contributed by atoms with Crippen LogP contribution in [0.15, 0.2) is 12.7 Å². The van der Waals surface area contributed by atoms with Crippen LogP contribution >= 0.6 is 0 Å². The lowest BCUT2D eigenvalue weighted by atomic mass is 10.2. The Hall–Kier alpha value is -1.98. The molecule has 8 heteroatoms. The average molecular weight is 292 g/mol. The third kappa shape index (κ3) is 4.81. The molecule has 114 valence electrons. The van der Waals surface area contributed by atoms with Crippen LogP contribution in [0.5, 0.6) is 0 Å². The summed E-state index contributed by atoms with van der Waals surface area (Å²) in [5.41, 5.74) is 0. The van der Waals surface area contributed by atoms with E-state index in [9.17, 15) is 4.79 Å². The maximum atomic E-state index is 12.0. The number of ether oxygens (including phenoxy) is 1. The first kappa shape index (κ1) is 15.4. The van der Waals surface area contributed by atoms with Crippen LogP contribution in [-0.4, -0.2) is 76.4 Å². The Labute approximate surface area is 123 Å². The Morgan fingerprint density at radius 3 is 3.19 bits per heavy atom. The Kier molecular flexibility index (Phi) is 5.66. The second kappa shape index (κ2) is 7.71. The normalized spacial score (nSPS) is 19.1. The summed E-state index contributed by atoms with van der Waals surface area (Å²) < 4.78 is 7.42. The number of aromatic nitrogens is 3. The smallest absolute Gasteiger partial charge is 0.236 e. The first-order valence-corrected chi connectivity index (χ1v) is 6.96. The lowest BCUT2D eigenvalue weighted by Gasteiger charge is -2.33. The molecule has 0 N–H and O–H groups in total. The molecule has 0 aromatic carbocycles. The highest BCUT2D eigenvalue weighted by atomic mass is 16.5. The molecule has 0 saturated carbocycles. The summed E-state index contributed by atoms with van der Waals surface area (Å²) in [5.74, 6) is 0.0339. The molecule has 1 aliphatic heterocycles. The van der Waals surface area contributed by atoms with Crippen LogP contribution < -0.4 is 0 Å². The third-order valence-electron chi connectivity index (χ3n) is 3.42. The molecule has 21 heavy (non-hydrogen) atoms. The van der Waals surface area contributed by atoms with E-state index in [1.165, 1.54) is 6.33 Å². The minimum atomic E-state index is 0.0117. The second-order valence-electron chi connectivity index (χ2n) is 5.07. The number of carbonyl (C=O) groups excluding carboxylic acids is 1. The molecule has 0 spiro atoms. The highest BCUT2D eigenvalue weighted by molar-refractivity contribution is 5.78. The number of likely N-dealkylation sites (N-methyl/N-ethyl adjacent to an activating group) is 1. The van der Waals surface area contributed by atoms with Crippen molar-refractivity contribution in [2.75, 3.05) is 39.8 Å². The van der Waals surface area contributed by atoms with Gasteiger partial charge in [0.25, 0.3) is 0 Å². The molecule has 1 atom stereocenters. The third-order valence-corrected chi connectivity index (χ3v) is 3.42. The summed E-state index contributed by atoms with van der Waals surface area (Å²) >= 11 is 0. The van der Waals surface area contributed by atoms with Crippen molar-refractivity contribution in [3.63, 3.8) is 0 Å². The number of carbonyl (C=O) groups is 1. The van der Waals surface area contributed by atoms with Gasteiger partial charge in [0.2, 0.25) is 5.91 Å². The number of hydrogen-bond donors (Lipinski definition) is 0. The molecule has 2 heterocycles. The molecule has 1 aromatic heterocycles. The predicted octanol–water partition coefficient (Wildman–Crippen LogP) is -0.649. The van der Waals surface area contributed by atoms with Gasteiger partial charge in [-0.25, -0.2) is 4.98 Å². The van der Waals surface area contributed by atoms with Gasteiger partial charge in [0.05, 0.1) is 38.3 Å². The van der Waals surface area contributed by atoms with Crippen molar-refractivity contribution in [3.8, 4) is 6.07 Å². The van der Waals surface area contributed by atoms with Crippen LogP contribution in [0.4, 0.5) is 0 Å². The first-order chi connectivity index (χ1) is 10.2. The van der Waals surface area contributed by atoms with Gasteiger partial charge < -0.3 is 9.64 Å². The summed E-state index contributed by atoms with van der Waals surface area (Å²) in [4.78, 5) is 19.6. The molecule has 0 aliphatic carbocycles. The number of hydrogen-bond acceptors (Lipinski definition) is 6. The van der Waals surface area contributed by atoms with E-state index in [-0.39, 0.29) is 12.0 Å². The number of nitrogens with zero attached hydrogens (tertiary/aromatic N) is 6. The number of rotatable bonds is 6. The molecule has 0 radical (unpaired) electrons. The van der Waals surface area contributed by atoms with Crippen LogP contribution in [0.2, 0.25) is 0 Å². The lowest BCUT2D eigenvalue weighted by molar-refractivity contribution is -0.133. The highest BCUT2D eigenvalue weighted by Gasteiger charge is 2.23. The van der Waals surface area contributed by atoms with Crippen LogP contribution in [0.1, 0.15) is 6.42 Å². The van der Waals surface area contributed by atoms with Crippen LogP contribution in [-0.2, 0) is 16.1 Å². The highest BCUT2D eigenvalue weighted by Crippen LogP contribution is 2.07. The standard InChI is InChI=1S/C13H20N6O2/c1-17(4-2-3-14)13(20)9-18-5-6-21-12(7-18)8-19-11-15-10-16-19/h10-12H,2,4-9H2,1H3/t12-/m1/s1. The summed E-state index contributed by atoms with van der Waals surface area (Å²) in [6.07, 6.45) is 3.52. The number of nitriles is 1. The van der Waals surface area contributed by atoms with Gasteiger partial charge >= 0.3 is 0 Å². The zero-order chi connectivity index (χ0) is 15.1. The fourth-order valence-corrected chi connectivity index (χ4v) is 2.22. The molecule has 1 fully saturated rings. The lowest BCUT2D eigenvalue weighted by Crippen LogP contribution is -2.48. The van der Waals surface area contributed by atoms with Crippen LogP contribution in [0.25, 0.3) is 0 Å². The topological polar surface area (TPSA) is 87.3 Å². The summed E-state index contributed by atoms with van der Waals surface area (Å²) in [7, 11) is 1.73. The minimum absolute atomic E-state index is 0.0117. The van der Waals surface area contributed by atoms with Crippen LogP contribution in [0.3, 0.4) is 0 Å². The van der Waals surface area contributed by atoms with Gasteiger partial charge in [0.1, 0.15) is 12.7 Å². The fraction of sp³-hybridized carbons (Fsp3) is 0.692. The largest absolute Gasteiger partial charge is 0.374 e. The molecule has 1 amide bonds. The SMILES string of the molecule is CN(CCC#N)C(=O)CN1CCO[C@@H](Cn2cncn2)C1. The molecule has 0 unspecified atom stereocenters. The zero-order valence-electron chi connectivity index (χ0n) is 12.2.